The minimum atomic E-state index is -1.12. The molecular formula is C23H27N3O5. The lowest BCUT2D eigenvalue weighted by molar-refractivity contribution is -0.133. The number of hydrogen-bond donors (Lipinski definition) is 2. The van der Waals surface area contributed by atoms with E-state index < -0.39 is 6.09 Å². The molecule has 1 heterocycles. The van der Waals surface area contributed by atoms with Crippen LogP contribution in [0.15, 0.2) is 47.6 Å². The number of nitrogens with zero attached hydrogens (tertiary/aromatic N) is 2. The van der Waals surface area contributed by atoms with Crippen molar-refractivity contribution in [3.63, 3.8) is 0 Å². The predicted octanol–water partition coefficient (Wildman–Crippen LogP) is 4.35. The second-order valence-corrected chi connectivity index (χ2v) is 7.17. The molecule has 8 heteroatoms. The minimum absolute atomic E-state index is 0.0220. The van der Waals surface area contributed by atoms with Gasteiger partial charge < -0.3 is 14.6 Å². The first kappa shape index (κ1) is 22.1. The number of carbonyl (C=O) groups excluding carboxylic acids is 1. The number of benzene rings is 2. The number of amides is 2. The van der Waals surface area contributed by atoms with Gasteiger partial charge in [-0.1, -0.05) is 19.1 Å². The van der Waals surface area contributed by atoms with E-state index in [4.69, 9.17) is 19.7 Å². The van der Waals surface area contributed by atoms with Crippen molar-refractivity contribution in [1.82, 2.24) is 5.01 Å². The first-order valence-electron chi connectivity index (χ1n) is 10.2. The second kappa shape index (κ2) is 9.97. The predicted molar refractivity (Wildman–Crippen MR) is 118 cm³/mol. The lowest BCUT2D eigenvalue weighted by Gasteiger charge is -2.29. The summed E-state index contributed by atoms with van der Waals surface area (Å²) in [6.07, 6.45) is 0.0539. The summed E-state index contributed by atoms with van der Waals surface area (Å²) in [6.45, 7) is 4.78. The Bertz CT molecular complexity index is 972. The fourth-order valence-corrected chi connectivity index (χ4v) is 3.53. The molecule has 2 amide bonds. The Labute approximate surface area is 181 Å². The van der Waals surface area contributed by atoms with Gasteiger partial charge in [0.1, 0.15) is 0 Å². The molecule has 2 aromatic carbocycles. The Hall–Kier alpha value is -3.55. The third-order valence-electron chi connectivity index (χ3n) is 5.11. The van der Waals surface area contributed by atoms with E-state index in [-0.39, 0.29) is 11.8 Å². The molecule has 0 radical (unpaired) electrons. The van der Waals surface area contributed by atoms with Crippen molar-refractivity contribution in [3.05, 3.63) is 53.6 Å². The molecule has 164 valence electrons. The first-order chi connectivity index (χ1) is 14.9. The molecule has 2 aromatic rings. The van der Waals surface area contributed by atoms with Gasteiger partial charge >= 0.3 is 6.09 Å². The molecule has 0 aromatic heterocycles. The van der Waals surface area contributed by atoms with E-state index in [9.17, 15) is 9.59 Å². The fourth-order valence-electron chi connectivity index (χ4n) is 3.53. The summed E-state index contributed by atoms with van der Waals surface area (Å²) < 4.78 is 11.1. The minimum Gasteiger partial charge on any atom is -0.493 e. The molecule has 1 unspecified atom stereocenters. The Balaban J connectivity index is 1.88. The summed E-state index contributed by atoms with van der Waals surface area (Å²) in [6, 6.07) is 12.6. The van der Waals surface area contributed by atoms with Crippen LogP contribution < -0.4 is 14.8 Å². The van der Waals surface area contributed by atoms with Crippen LogP contribution in [-0.2, 0) is 11.3 Å². The quantitative estimate of drug-likeness (QED) is 0.655. The van der Waals surface area contributed by atoms with Crippen LogP contribution in [0.1, 0.15) is 37.8 Å². The fraction of sp³-hybridized carbons (Fsp3) is 0.348. The third-order valence-corrected chi connectivity index (χ3v) is 5.11. The van der Waals surface area contributed by atoms with Gasteiger partial charge in [0.05, 0.1) is 26.0 Å². The number of nitrogens with one attached hydrogen (secondary N) is 1. The Morgan fingerprint density at radius 1 is 1.19 bits per heavy atom. The van der Waals surface area contributed by atoms with Crippen molar-refractivity contribution in [1.29, 1.82) is 0 Å². The smallest absolute Gasteiger partial charge is 0.409 e. The van der Waals surface area contributed by atoms with Gasteiger partial charge in [0.15, 0.2) is 11.5 Å². The molecule has 0 bridgehead atoms. The summed E-state index contributed by atoms with van der Waals surface area (Å²) in [5, 5.41) is 17.3. The maximum atomic E-state index is 12.7. The number of hydrazone groups is 1. The van der Waals surface area contributed by atoms with Crippen LogP contribution in [0.25, 0.3) is 0 Å². The standard InChI is InChI=1S/C23H27N3O5/c1-4-16-13-21(27)26(14-15-6-9-18(10-7-15)24-23(28)29)25-22(16)17-8-11-19(30-3)20(12-17)31-5-2/h6-12,16,24H,4-5,13-14H2,1-3H3,(H,28,29). The van der Waals surface area contributed by atoms with Crippen molar-refractivity contribution in [2.45, 2.75) is 33.2 Å². The van der Waals surface area contributed by atoms with Crippen molar-refractivity contribution in [3.8, 4) is 11.5 Å². The molecule has 0 spiro atoms. The molecular weight excluding hydrogens is 398 g/mol. The lowest BCUT2D eigenvalue weighted by atomic mass is 9.89. The van der Waals surface area contributed by atoms with Crippen molar-refractivity contribution >= 4 is 23.4 Å². The van der Waals surface area contributed by atoms with Crippen molar-refractivity contribution in [2.75, 3.05) is 19.0 Å². The van der Waals surface area contributed by atoms with E-state index in [1.165, 1.54) is 5.01 Å². The van der Waals surface area contributed by atoms with E-state index in [0.29, 0.717) is 36.8 Å². The van der Waals surface area contributed by atoms with Gasteiger partial charge in [-0.25, -0.2) is 9.80 Å². The molecule has 1 atom stereocenters. The highest BCUT2D eigenvalue weighted by Gasteiger charge is 2.29. The van der Waals surface area contributed by atoms with E-state index in [2.05, 4.69) is 5.32 Å². The molecule has 0 aliphatic carbocycles. The van der Waals surface area contributed by atoms with Crippen LogP contribution in [0.2, 0.25) is 0 Å². The number of anilines is 1. The molecule has 0 saturated heterocycles. The van der Waals surface area contributed by atoms with Crippen LogP contribution in [0, 0.1) is 5.92 Å². The van der Waals surface area contributed by atoms with Crippen molar-refractivity contribution < 1.29 is 24.2 Å². The third kappa shape index (κ3) is 5.33. The van der Waals surface area contributed by atoms with Crippen molar-refractivity contribution in [2.24, 2.45) is 11.0 Å². The normalized spacial score (nSPS) is 16.0. The zero-order valence-electron chi connectivity index (χ0n) is 17.9. The number of methoxy groups -OCH3 is 1. The monoisotopic (exact) mass is 425 g/mol. The van der Waals surface area contributed by atoms with Crippen LogP contribution >= 0.6 is 0 Å². The van der Waals surface area contributed by atoms with Crippen LogP contribution in [0.3, 0.4) is 0 Å². The Kier molecular flexibility index (Phi) is 7.12. The van der Waals surface area contributed by atoms with E-state index in [0.717, 1.165) is 23.3 Å². The summed E-state index contributed by atoms with van der Waals surface area (Å²) in [5.74, 6) is 1.28. The number of ether oxygens (including phenoxy) is 2. The summed E-state index contributed by atoms with van der Waals surface area (Å²) in [5.41, 5.74) is 3.06. The van der Waals surface area contributed by atoms with Crippen LogP contribution in [0.5, 0.6) is 11.5 Å². The van der Waals surface area contributed by atoms with E-state index in [1.54, 1.807) is 31.4 Å². The molecule has 2 N–H and O–H groups in total. The zero-order chi connectivity index (χ0) is 22.4. The van der Waals surface area contributed by atoms with Gasteiger partial charge in [-0.15, -0.1) is 0 Å². The Morgan fingerprint density at radius 3 is 2.55 bits per heavy atom. The molecule has 8 nitrogen and oxygen atoms in total. The molecule has 0 fully saturated rings. The highest BCUT2D eigenvalue weighted by Crippen LogP contribution is 2.32. The van der Waals surface area contributed by atoms with Gasteiger partial charge in [-0.05, 0) is 49.2 Å². The van der Waals surface area contributed by atoms with Gasteiger partial charge in [-0.2, -0.15) is 5.10 Å². The van der Waals surface area contributed by atoms with E-state index in [1.807, 2.05) is 32.0 Å². The molecule has 3 rings (SSSR count). The molecule has 31 heavy (non-hydrogen) atoms. The van der Waals surface area contributed by atoms with Crippen LogP contribution in [0.4, 0.5) is 10.5 Å². The van der Waals surface area contributed by atoms with Gasteiger partial charge in [0.25, 0.3) is 0 Å². The SMILES string of the molecule is CCOc1cc(C2=NN(Cc3ccc(NC(=O)O)cc3)C(=O)CC2CC)ccc1OC. The highest BCUT2D eigenvalue weighted by molar-refractivity contribution is 6.06. The summed E-state index contributed by atoms with van der Waals surface area (Å²) >= 11 is 0. The van der Waals surface area contributed by atoms with Gasteiger partial charge in [0, 0.05) is 23.6 Å². The van der Waals surface area contributed by atoms with Crippen LogP contribution in [-0.4, -0.2) is 41.5 Å². The first-order valence-corrected chi connectivity index (χ1v) is 10.2. The maximum absolute atomic E-state index is 12.7. The highest BCUT2D eigenvalue weighted by atomic mass is 16.5. The van der Waals surface area contributed by atoms with Gasteiger partial charge in [0.2, 0.25) is 5.91 Å². The number of hydrogen-bond acceptors (Lipinski definition) is 5. The maximum Gasteiger partial charge on any atom is 0.409 e. The average Bonchev–Trinajstić information content (AvgIpc) is 2.76. The topological polar surface area (TPSA) is 100 Å². The number of carbonyl (C=O) groups is 2. The average molecular weight is 425 g/mol. The Morgan fingerprint density at radius 2 is 1.94 bits per heavy atom. The van der Waals surface area contributed by atoms with E-state index >= 15 is 0 Å². The lowest BCUT2D eigenvalue weighted by Crippen LogP contribution is -2.36. The number of rotatable bonds is 8. The second-order valence-electron chi connectivity index (χ2n) is 7.17. The summed E-state index contributed by atoms with van der Waals surface area (Å²) in [4.78, 5) is 23.5. The molecule has 0 saturated carbocycles. The summed E-state index contributed by atoms with van der Waals surface area (Å²) in [7, 11) is 1.60. The molecule has 1 aliphatic heterocycles. The molecule has 1 aliphatic rings. The largest absolute Gasteiger partial charge is 0.493 e. The van der Waals surface area contributed by atoms with Gasteiger partial charge in [-0.3, -0.25) is 10.1 Å². The number of carboxylic acid groups (broad SMARTS) is 1. The zero-order valence-corrected chi connectivity index (χ0v) is 17.9.